The Morgan fingerprint density at radius 1 is 1.06 bits per heavy atom. The van der Waals surface area contributed by atoms with Gasteiger partial charge in [0.25, 0.3) is 0 Å². The molecule has 17 heavy (non-hydrogen) atoms. The maximum absolute atomic E-state index is 3.53. The molecular weight excluding hydrogens is 210 g/mol. The van der Waals surface area contributed by atoms with E-state index >= 15 is 0 Å². The number of hydrogen-bond donors (Lipinski definition) is 1. The molecule has 3 nitrogen and oxygen atoms in total. The summed E-state index contributed by atoms with van der Waals surface area (Å²) in [5, 5.41) is 3.53. The van der Waals surface area contributed by atoms with Crippen molar-refractivity contribution in [2.45, 2.75) is 26.7 Å². The Morgan fingerprint density at radius 2 is 1.71 bits per heavy atom. The van der Waals surface area contributed by atoms with Gasteiger partial charge in [-0.15, -0.1) is 0 Å². The highest BCUT2D eigenvalue weighted by atomic mass is 15.3. The Morgan fingerprint density at radius 3 is 2.29 bits per heavy atom. The summed E-state index contributed by atoms with van der Waals surface area (Å²) < 4.78 is 0. The average molecular weight is 239 g/mol. The van der Waals surface area contributed by atoms with Crippen molar-refractivity contribution in [3.63, 3.8) is 0 Å². The molecule has 3 heteroatoms. The Bertz CT molecular complexity index is 203. The van der Waals surface area contributed by atoms with Crippen LogP contribution >= 0.6 is 0 Å². The van der Waals surface area contributed by atoms with Crippen molar-refractivity contribution in [3.05, 3.63) is 0 Å². The summed E-state index contributed by atoms with van der Waals surface area (Å²) >= 11 is 0. The smallest absolute Gasteiger partial charge is 0.0110 e. The van der Waals surface area contributed by atoms with E-state index in [4.69, 9.17) is 0 Å². The summed E-state index contributed by atoms with van der Waals surface area (Å²) in [5.74, 6) is 1.82. The van der Waals surface area contributed by atoms with Crippen molar-refractivity contribution in [2.75, 3.05) is 52.4 Å². The first kappa shape index (κ1) is 13.3. The van der Waals surface area contributed by atoms with Crippen LogP contribution in [0.3, 0.4) is 0 Å². The summed E-state index contributed by atoms with van der Waals surface area (Å²) in [6.45, 7) is 14.6. The molecule has 2 rings (SSSR count). The van der Waals surface area contributed by atoms with Crippen LogP contribution in [0.25, 0.3) is 0 Å². The number of piperazine rings is 1. The number of nitrogens with one attached hydrogen (secondary N) is 1. The van der Waals surface area contributed by atoms with Gasteiger partial charge in [-0.05, 0) is 31.2 Å². The molecule has 0 aromatic carbocycles. The van der Waals surface area contributed by atoms with E-state index in [-0.39, 0.29) is 0 Å². The molecule has 0 unspecified atom stereocenters. The average Bonchev–Trinajstić information content (AvgIpc) is 3.10. The molecule has 100 valence electrons. The minimum atomic E-state index is 0.769. The predicted octanol–water partition coefficient (Wildman–Crippen LogP) is 1.26. The van der Waals surface area contributed by atoms with E-state index in [9.17, 15) is 0 Å². The fourth-order valence-corrected chi connectivity index (χ4v) is 2.49. The Hall–Kier alpha value is -0.120. The lowest BCUT2D eigenvalue weighted by Gasteiger charge is -2.34. The first-order valence-corrected chi connectivity index (χ1v) is 7.39. The molecule has 1 aliphatic heterocycles. The highest BCUT2D eigenvalue weighted by Crippen LogP contribution is 2.29. The second-order valence-corrected chi connectivity index (χ2v) is 6.18. The van der Waals surface area contributed by atoms with Gasteiger partial charge in [0.2, 0.25) is 0 Å². The molecule has 1 N–H and O–H groups in total. The second-order valence-electron chi connectivity index (χ2n) is 6.18. The molecule has 0 atom stereocenters. The van der Waals surface area contributed by atoms with Gasteiger partial charge < -0.3 is 10.2 Å². The van der Waals surface area contributed by atoms with Gasteiger partial charge in [0.1, 0.15) is 0 Å². The van der Waals surface area contributed by atoms with Gasteiger partial charge in [-0.25, -0.2) is 0 Å². The van der Waals surface area contributed by atoms with Crippen LogP contribution in [0.15, 0.2) is 0 Å². The molecule has 0 spiro atoms. The largest absolute Gasteiger partial charge is 0.315 e. The molecule has 0 aromatic rings. The van der Waals surface area contributed by atoms with E-state index in [1.807, 2.05) is 0 Å². The van der Waals surface area contributed by atoms with Crippen LogP contribution in [-0.4, -0.2) is 62.2 Å². The highest BCUT2D eigenvalue weighted by Gasteiger charge is 2.26. The topological polar surface area (TPSA) is 18.5 Å². The molecule has 1 heterocycles. The van der Waals surface area contributed by atoms with Gasteiger partial charge in [0, 0.05) is 45.8 Å². The van der Waals surface area contributed by atoms with Crippen LogP contribution in [0.2, 0.25) is 0 Å². The lowest BCUT2D eigenvalue weighted by atomic mass is 10.2. The summed E-state index contributed by atoms with van der Waals surface area (Å²) in [6.07, 6.45) is 2.97. The van der Waals surface area contributed by atoms with E-state index < -0.39 is 0 Å². The monoisotopic (exact) mass is 239 g/mol. The van der Waals surface area contributed by atoms with E-state index in [1.54, 1.807) is 0 Å². The zero-order valence-corrected chi connectivity index (χ0v) is 11.6. The molecule has 0 bridgehead atoms. The van der Waals surface area contributed by atoms with E-state index in [2.05, 4.69) is 29.0 Å². The minimum Gasteiger partial charge on any atom is -0.315 e. The molecule has 1 saturated heterocycles. The fourth-order valence-electron chi connectivity index (χ4n) is 2.49. The Labute approximate surface area is 107 Å². The lowest BCUT2D eigenvalue weighted by Crippen LogP contribution is -2.48. The number of nitrogens with zero attached hydrogens (tertiary/aromatic N) is 2. The summed E-state index contributed by atoms with van der Waals surface area (Å²) in [5.41, 5.74) is 0. The second kappa shape index (κ2) is 6.72. The maximum Gasteiger partial charge on any atom is 0.0110 e. The lowest BCUT2D eigenvalue weighted by molar-refractivity contribution is 0.129. The van der Waals surface area contributed by atoms with Gasteiger partial charge in [0.05, 0.1) is 0 Å². The minimum absolute atomic E-state index is 0.769. The first-order chi connectivity index (χ1) is 8.24. The molecule has 0 aromatic heterocycles. The van der Waals surface area contributed by atoms with E-state index in [0.29, 0.717) is 0 Å². The molecule has 2 aliphatic rings. The molecule has 0 amide bonds. The van der Waals surface area contributed by atoms with Crippen LogP contribution in [0, 0.1) is 11.8 Å². The third-order valence-corrected chi connectivity index (χ3v) is 3.84. The molecule has 1 saturated carbocycles. The maximum atomic E-state index is 3.53. The Balaban J connectivity index is 1.49. The van der Waals surface area contributed by atoms with E-state index in [0.717, 1.165) is 24.9 Å². The quantitative estimate of drug-likeness (QED) is 0.675. The van der Waals surface area contributed by atoms with Crippen molar-refractivity contribution < 1.29 is 0 Å². The van der Waals surface area contributed by atoms with Crippen LogP contribution in [0.1, 0.15) is 26.7 Å². The van der Waals surface area contributed by atoms with Gasteiger partial charge in [-0.3, -0.25) is 4.90 Å². The zero-order chi connectivity index (χ0) is 12.1. The summed E-state index contributed by atoms with van der Waals surface area (Å²) in [6, 6.07) is 0. The van der Waals surface area contributed by atoms with Crippen LogP contribution in [0.4, 0.5) is 0 Å². The molecule has 2 fully saturated rings. The SMILES string of the molecule is CC(C)CNCCN1CCN(CC2CC2)CC1. The molecule has 0 radical (unpaired) electrons. The normalized spacial score (nSPS) is 23.5. The van der Waals surface area contributed by atoms with Crippen LogP contribution < -0.4 is 5.32 Å². The van der Waals surface area contributed by atoms with Gasteiger partial charge in [-0.2, -0.15) is 0 Å². The van der Waals surface area contributed by atoms with Gasteiger partial charge in [0.15, 0.2) is 0 Å². The van der Waals surface area contributed by atoms with Crippen molar-refractivity contribution in [1.29, 1.82) is 0 Å². The van der Waals surface area contributed by atoms with Crippen molar-refractivity contribution in [2.24, 2.45) is 11.8 Å². The van der Waals surface area contributed by atoms with Crippen LogP contribution in [0.5, 0.6) is 0 Å². The van der Waals surface area contributed by atoms with Crippen molar-refractivity contribution in [3.8, 4) is 0 Å². The third kappa shape index (κ3) is 5.36. The molecular formula is C14H29N3. The van der Waals surface area contributed by atoms with Gasteiger partial charge >= 0.3 is 0 Å². The third-order valence-electron chi connectivity index (χ3n) is 3.84. The highest BCUT2D eigenvalue weighted by molar-refractivity contribution is 4.80. The van der Waals surface area contributed by atoms with Crippen molar-refractivity contribution in [1.82, 2.24) is 15.1 Å². The standard InChI is InChI=1S/C14H29N3/c1-13(2)11-15-5-6-16-7-9-17(10-8-16)12-14-3-4-14/h13-15H,3-12H2,1-2H3. The van der Waals surface area contributed by atoms with Gasteiger partial charge in [-0.1, -0.05) is 13.8 Å². The molecule has 1 aliphatic carbocycles. The van der Waals surface area contributed by atoms with Crippen molar-refractivity contribution >= 4 is 0 Å². The Kier molecular flexibility index (Phi) is 5.26. The van der Waals surface area contributed by atoms with E-state index in [1.165, 1.54) is 52.1 Å². The fraction of sp³-hybridized carbons (Fsp3) is 1.00. The number of hydrogen-bond acceptors (Lipinski definition) is 3. The number of rotatable bonds is 7. The van der Waals surface area contributed by atoms with Crippen LogP contribution in [-0.2, 0) is 0 Å². The summed E-state index contributed by atoms with van der Waals surface area (Å²) in [7, 11) is 0. The summed E-state index contributed by atoms with van der Waals surface area (Å²) in [4.78, 5) is 5.27. The first-order valence-electron chi connectivity index (χ1n) is 7.39. The zero-order valence-electron chi connectivity index (χ0n) is 11.6. The predicted molar refractivity (Wildman–Crippen MR) is 73.3 cm³/mol.